The number of aromatic nitrogens is 2. The number of hydrogen-bond acceptors (Lipinski definition) is 4. The van der Waals surface area contributed by atoms with Crippen molar-refractivity contribution in [3.63, 3.8) is 0 Å². The third kappa shape index (κ3) is 2.36. The standard InChI is InChI=1S/C16H20N2O2/c1-3-14(10(2)19)16-17-15(18-20-16)13-8-11-6-4-5-7-12(11)9-13/h4-7,10,13-14,19H,3,8-9H2,1-2H3. The minimum atomic E-state index is -0.464. The Hall–Kier alpha value is -1.68. The van der Waals surface area contributed by atoms with E-state index in [4.69, 9.17) is 4.52 Å². The van der Waals surface area contributed by atoms with E-state index in [2.05, 4.69) is 34.4 Å². The van der Waals surface area contributed by atoms with Crippen molar-refractivity contribution in [2.24, 2.45) is 0 Å². The van der Waals surface area contributed by atoms with Crippen molar-refractivity contribution in [3.8, 4) is 0 Å². The van der Waals surface area contributed by atoms with E-state index in [1.807, 2.05) is 6.92 Å². The van der Waals surface area contributed by atoms with Gasteiger partial charge in [0.2, 0.25) is 5.89 Å². The highest BCUT2D eigenvalue weighted by Crippen LogP contribution is 2.33. The molecule has 1 heterocycles. The van der Waals surface area contributed by atoms with Crippen LogP contribution in [-0.4, -0.2) is 21.4 Å². The van der Waals surface area contributed by atoms with Gasteiger partial charge in [-0.05, 0) is 37.3 Å². The molecule has 0 amide bonds. The molecule has 4 heteroatoms. The molecule has 0 radical (unpaired) electrons. The summed E-state index contributed by atoms with van der Waals surface area (Å²) in [6.45, 7) is 3.79. The third-order valence-electron chi connectivity index (χ3n) is 4.21. The topological polar surface area (TPSA) is 59.2 Å². The summed E-state index contributed by atoms with van der Waals surface area (Å²) in [5, 5.41) is 13.9. The number of fused-ring (bicyclic) bond motifs is 1. The number of benzene rings is 1. The predicted octanol–water partition coefficient (Wildman–Crippen LogP) is 2.83. The summed E-state index contributed by atoms with van der Waals surface area (Å²) in [6, 6.07) is 8.48. The van der Waals surface area contributed by atoms with Gasteiger partial charge in [-0.1, -0.05) is 36.3 Å². The number of aliphatic hydroxyl groups is 1. The molecular formula is C16H20N2O2. The molecule has 3 rings (SSSR count). The molecular weight excluding hydrogens is 252 g/mol. The Morgan fingerprint density at radius 3 is 2.50 bits per heavy atom. The van der Waals surface area contributed by atoms with Crippen molar-refractivity contribution < 1.29 is 9.63 Å². The molecule has 0 saturated carbocycles. The summed E-state index contributed by atoms with van der Waals surface area (Å²) >= 11 is 0. The van der Waals surface area contributed by atoms with Crippen LogP contribution in [0, 0.1) is 0 Å². The lowest BCUT2D eigenvalue weighted by atomic mass is 10.0. The molecule has 106 valence electrons. The molecule has 2 atom stereocenters. The molecule has 0 saturated heterocycles. The van der Waals surface area contributed by atoms with E-state index in [-0.39, 0.29) is 5.92 Å². The molecule has 0 spiro atoms. The maximum atomic E-state index is 9.75. The second kappa shape index (κ2) is 5.37. The first kappa shape index (κ1) is 13.3. The van der Waals surface area contributed by atoms with Gasteiger partial charge in [-0.15, -0.1) is 0 Å². The van der Waals surface area contributed by atoms with E-state index in [0.29, 0.717) is 11.8 Å². The van der Waals surface area contributed by atoms with Crippen LogP contribution in [0.2, 0.25) is 0 Å². The fourth-order valence-electron chi connectivity index (χ4n) is 3.03. The van der Waals surface area contributed by atoms with Crippen LogP contribution in [-0.2, 0) is 12.8 Å². The largest absolute Gasteiger partial charge is 0.393 e. The fourth-order valence-corrected chi connectivity index (χ4v) is 3.03. The van der Waals surface area contributed by atoms with E-state index >= 15 is 0 Å². The van der Waals surface area contributed by atoms with Gasteiger partial charge in [0.15, 0.2) is 5.82 Å². The van der Waals surface area contributed by atoms with Gasteiger partial charge in [-0.25, -0.2) is 0 Å². The van der Waals surface area contributed by atoms with Gasteiger partial charge in [0, 0.05) is 5.92 Å². The maximum Gasteiger partial charge on any atom is 0.232 e. The quantitative estimate of drug-likeness (QED) is 0.929. The zero-order chi connectivity index (χ0) is 14.1. The molecule has 1 N–H and O–H groups in total. The van der Waals surface area contributed by atoms with Crippen LogP contribution in [0.15, 0.2) is 28.8 Å². The molecule has 0 fully saturated rings. The molecule has 1 aliphatic rings. The highest BCUT2D eigenvalue weighted by atomic mass is 16.5. The molecule has 2 unspecified atom stereocenters. The second-order valence-corrected chi connectivity index (χ2v) is 5.62. The van der Waals surface area contributed by atoms with Crippen molar-refractivity contribution in [1.82, 2.24) is 10.1 Å². The molecule has 20 heavy (non-hydrogen) atoms. The molecule has 0 bridgehead atoms. The Kier molecular flexibility index (Phi) is 3.57. The van der Waals surface area contributed by atoms with Crippen LogP contribution >= 0.6 is 0 Å². The lowest BCUT2D eigenvalue weighted by molar-refractivity contribution is 0.141. The van der Waals surface area contributed by atoms with Crippen LogP contribution in [0.3, 0.4) is 0 Å². The summed E-state index contributed by atoms with van der Waals surface area (Å²) in [6.07, 6.45) is 2.28. The van der Waals surface area contributed by atoms with E-state index in [1.54, 1.807) is 6.92 Å². The van der Waals surface area contributed by atoms with E-state index in [1.165, 1.54) is 11.1 Å². The zero-order valence-electron chi connectivity index (χ0n) is 11.9. The molecule has 1 aromatic heterocycles. The summed E-state index contributed by atoms with van der Waals surface area (Å²) in [4.78, 5) is 4.53. The number of rotatable bonds is 4. The average Bonchev–Trinajstić information content (AvgIpc) is 3.04. The number of aliphatic hydroxyl groups excluding tert-OH is 1. The summed E-state index contributed by atoms with van der Waals surface area (Å²) < 4.78 is 5.37. The Bertz CT molecular complexity index is 567. The second-order valence-electron chi connectivity index (χ2n) is 5.62. The summed E-state index contributed by atoms with van der Waals surface area (Å²) in [5.74, 6) is 1.57. The third-order valence-corrected chi connectivity index (χ3v) is 4.21. The monoisotopic (exact) mass is 272 g/mol. The minimum absolute atomic E-state index is 0.0694. The van der Waals surface area contributed by atoms with Crippen molar-refractivity contribution in [1.29, 1.82) is 0 Å². The zero-order valence-corrected chi connectivity index (χ0v) is 11.9. The number of hydrogen-bond donors (Lipinski definition) is 1. The van der Waals surface area contributed by atoms with Crippen LogP contribution in [0.4, 0.5) is 0 Å². The predicted molar refractivity (Wildman–Crippen MR) is 75.6 cm³/mol. The normalized spacial score (nSPS) is 17.9. The van der Waals surface area contributed by atoms with Gasteiger partial charge in [-0.3, -0.25) is 0 Å². The van der Waals surface area contributed by atoms with Gasteiger partial charge in [-0.2, -0.15) is 4.98 Å². The van der Waals surface area contributed by atoms with E-state index in [9.17, 15) is 5.11 Å². The lowest BCUT2D eigenvalue weighted by Gasteiger charge is -2.12. The van der Waals surface area contributed by atoms with Crippen molar-refractivity contribution in [2.75, 3.05) is 0 Å². The summed E-state index contributed by atoms with van der Waals surface area (Å²) in [5.41, 5.74) is 2.76. The molecule has 0 aliphatic heterocycles. The molecule has 1 aliphatic carbocycles. The van der Waals surface area contributed by atoms with E-state index < -0.39 is 6.10 Å². The Balaban J connectivity index is 1.79. The number of nitrogens with zero attached hydrogens (tertiary/aromatic N) is 2. The highest BCUT2D eigenvalue weighted by Gasteiger charge is 2.29. The van der Waals surface area contributed by atoms with Crippen LogP contribution in [0.5, 0.6) is 0 Å². The van der Waals surface area contributed by atoms with Gasteiger partial charge in [0.1, 0.15) is 0 Å². The maximum absolute atomic E-state index is 9.75. The van der Waals surface area contributed by atoms with Crippen LogP contribution < -0.4 is 0 Å². The fraction of sp³-hybridized carbons (Fsp3) is 0.500. The lowest BCUT2D eigenvalue weighted by Crippen LogP contribution is -2.14. The van der Waals surface area contributed by atoms with Crippen LogP contribution in [0.25, 0.3) is 0 Å². The smallest absolute Gasteiger partial charge is 0.232 e. The minimum Gasteiger partial charge on any atom is -0.393 e. The van der Waals surface area contributed by atoms with Crippen molar-refractivity contribution in [2.45, 2.75) is 51.0 Å². The SMILES string of the molecule is CCC(c1nc(C2Cc3ccccc3C2)no1)C(C)O. The average molecular weight is 272 g/mol. The van der Waals surface area contributed by atoms with Gasteiger partial charge in [0.25, 0.3) is 0 Å². The Morgan fingerprint density at radius 1 is 1.30 bits per heavy atom. The van der Waals surface area contributed by atoms with Gasteiger partial charge < -0.3 is 9.63 Å². The molecule has 1 aromatic carbocycles. The van der Waals surface area contributed by atoms with Gasteiger partial charge >= 0.3 is 0 Å². The van der Waals surface area contributed by atoms with Gasteiger partial charge in [0.05, 0.1) is 12.0 Å². The van der Waals surface area contributed by atoms with Crippen molar-refractivity contribution >= 4 is 0 Å². The Morgan fingerprint density at radius 2 is 1.95 bits per heavy atom. The first-order valence-electron chi connectivity index (χ1n) is 7.27. The molecule has 2 aromatic rings. The summed E-state index contributed by atoms with van der Waals surface area (Å²) in [7, 11) is 0. The Labute approximate surface area is 118 Å². The molecule has 4 nitrogen and oxygen atoms in total. The first-order chi connectivity index (χ1) is 9.69. The highest BCUT2D eigenvalue weighted by molar-refractivity contribution is 5.34. The van der Waals surface area contributed by atoms with Crippen LogP contribution in [0.1, 0.15) is 54.9 Å². The van der Waals surface area contributed by atoms with E-state index in [0.717, 1.165) is 25.1 Å². The first-order valence-corrected chi connectivity index (χ1v) is 7.27. The van der Waals surface area contributed by atoms with Crippen molar-refractivity contribution in [3.05, 3.63) is 47.1 Å².